The van der Waals surface area contributed by atoms with E-state index in [0.717, 1.165) is 30.5 Å². The van der Waals surface area contributed by atoms with Crippen molar-refractivity contribution in [3.05, 3.63) is 69.4 Å². The van der Waals surface area contributed by atoms with E-state index < -0.39 is 5.97 Å². The number of piperidine rings is 1. The van der Waals surface area contributed by atoms with Crippen LogP contribution in [0.3, 0.4) is 0 Å². The molecule has 0 bridgehead atoms. The van der Waals surface area contributed by atoms with Crippen LogP contribution in [-0.2, 0) is 4.74 Å². The zero-order valence-corrected chi connectivity index (χ0v) is 18.6. The van der Waals surface area contributed by atoms with E-state index in [-0.39, 0.29) is 23.1 Å². The number of carboxylic acids is 1. The fourth-order valence-corrected chi connectivity index (χ4v) is 4.34. The van der Waals surface area contributed by atoms with Crippen molar-refractivity contribution in [3.63, 3.8) is 0 Å². The number of hydrogen-bond acceptors (Lipinski definition) is 6. The first-order valence-corrected chi connectivity index (χ1v) is 10.8. The Morgan fingerprint density at radius 1 is 1.28 bits per heavy atom. The van der Waals surface area contributed by atoms with Gasteiger partial charge in [-0.2, -0.15) is 0 Å². The number of aromatic carboxylic acids is 1. The lowest BCUT2D eigenvalue weighted by Gasteiger charge is -2.32. The lowest BCUT2D eigenvalue weighted by Crippen LogP contribution is -2.39. The summed E-state index contributed by atoms with van der Waals surface area (Å²) >= 11 is 0. The topological polar surface area (TPSA) is 92.0 Å². The van der Waals surface area contributed by atoms with Crippen molar-refractivity contribution >= 4 is 28.5 Å². The van der Waals surface area contributed by atoms with Gasteiger partial charge < -0.3 is 24.5 Å². The Labute approximate surface area is 186 Å². The van der Waals surface area contributed by atoms with Crippen LogP contribution in [0.5, 0.6) is 0 Å². The number of rotatable bonds is 6. The Bertz CT molecular complexity index is 1200. The van der Waals surface area contributed by atoms with E-state index in [1.165, 1.54) is 0 Å². The Morgan fingerprint density at radius 3 is 2.81 bits per heavy atom. The number of methoxy groups -OCH3 is 1. The van der Waals surface area contributed by atoms with Crippen molar-refractivity contribution in [1.29, 1.82) is 0 Å². The number of carbonyl (C=O) groups is 1. The van der Waals surface area contributed by atoms with Crippen LogP contribution in [0.4, 0.5) is 11.6 Å². The molecule has 1 fully saturated rings. The molecule has 3 aromatic rings. The molecule has 0 aliphatic carbocycles. The first kappa shape index (κ1) is 21.9. The van der Waals surface area contributed by atoms with Crippen molar-refractivity contribution < 1.29 is 19.1 Å². The van der Waals surface area contributed by atoms with Gasteiger partial charge in [-0.05, 0) is 50.5 Å². The number of aryl methyl sites for hydroxylation is 1. The van der Waals surface area contributed by atoms with E-state index in [2.05, 4.69) is 10.2 Å². The summed E-state index contributed by atoms with van der Waals surface area (Å²) < 4.78 is 11.8. The quantitative estimate of drug-likeness (QED) is 0.584. The number of nitrogens with zero attached hydrogens (tertiary/aromatic N) is 1. The standard InChI is InChI=1S/C25H28N2O5/c1-15-11-19(16(2)26-21-9-5-4-8-18(21)25(29)30)24-20(12-15)22(28)13-23(32-24)27-10-6-7-17(14-27)31-3/h4-5,8-9,11-13,16-17,26H,6-7,10,14H2,1-3H3,(H,29,30). The molecule has 2 unspecified atom stereocenters. The number of benzene rings is 2. The van der Waals surface area contributed by atoms with E-state index in [9.17, 15) is 14.7 Å². The minimum atomic E-state index is -0.999. The Balaban J connectivity index is 1.76. The van der Waals surface area contributed by atoms with Crippen LogP contribution in [0.2, 0.25) is 0 Å². The van der Waals surface area contributed by atoms with Crippen LogP contribution in [0.25, 0.3) is 11.0 Å². The molecular formula is C25H28N2O5. The van der Waals surface area contributed by atoms with Crippen LogP contribution < -0.4 is 15.6 Å². The minimum Gasteiger partial charge on any atom is -0.478 e. The molecule has 2 heterocycles. The number of fused-ring (bicyclic) bond motifs is 1. The first-order valence-electron chi connectivity index (χ1n) is 10.8. The summed E-state index contributed by atoms with van der Waals surface area (Å²) in [5, 5.41) is 13.3. The maximum absolute atomic E-state index is 13.0. The third kappa shape index (κ3) is 4.34. The lowest BCUT2D eigenvalue weighted by atomic mass is 10.0. The van der Waals surface area contributed by atoms with Crippen molar-refractivity contribution in [2.24, 2.45) is 0 Å². The molecule has 7 heteroatoms. The second-order valence-corrected chi connectivity index (χ2v) is 8.34. The van der Waals surface area contributed by atoms with Gasteiger partial charge in [-0.1, -0.05) is 18.2 Å². The molecule has 0 saturated carbocycles. The molecule has 7 nitrogen and oxygen atoms in total. The third-order valence-electron chi connectivity index (χ3n) is 6.01. The summed E-state index contributed by atoms with van der Waals surface area (Å²) in [6, 6.07) is 11.9. The molecule has 32 heavy (non-hydrogen) atoms. The predicted molar refractivity (Wildman–Crippen MR) is 125 cm³/mol. The molecule has 0 spiro atoms. The first-order chi connectivity index (χ1) is 15.4. The summed E-state index contributed by atoms with van der Waals surface area (Å²) in [5.74, 6) is -0.464. The Kier molecular flexibility index (Phi) is 6.19. The molecule has 1 aromatic heterocycles. The molecule has 2 aromatic carbocycles. The molecule has 168 valence electrons. The molecular weight excluding hydrogens is 408 g/mol. The smallest absolute Gasteiger partial charge is 0.337 e. The predicted octanol–water partition coefficient (Wildman–Crippen LogP) is 4.59. The highest BCUT2D eigenvalue weighted by atomic mass is 16.5. The number of para-hydroxylation sites is 1. The Hall–Kier alpha value is -3.32. The van der Waals surface area contributed by atoms with Gasteiger partial charge in [-0.25, -0.2) is 4.79 Å². The van der Waals surface area contributed by atoms with Gasteiger partial charge in [0.2, 0.25) is 0 Å². The SMILES string of the molecule is COC1CCCN(c2cc(=O)c3cc(C)cc(C(C)Nc4ccccc4C(=O)O)c3o2)C1. The molecule has 2 atom stereocenters. The van der Waals surface area contributed by atoms with E-state index in [4.69, 9.17) is 9.15 Å². The molecule has 1 aliphatic rings. The van der Waals surface area contributed by atoms with Gasteiger partial charge in [-0.15, -0.1) is 0 Å². The van der Waals surface area contributed by atoms with E-state index in [1.54, 1.807) is 37.4 Å². The van der Waals surface area contributed by atoms with E-state index in [1.807, 2.05) is 26.0 Å². The number of hydrogen-bond donors (Lipinski definition) is 2. The lowest BCUT2D eigenvalue weighted by molar-refractivity contribution is 0.0698. The van der Waals surface area contributed by atoms with E-state index in [0.29, 0.717) is 29.1 Å². The summed E-state index contributed by atoms with van der Waals surface area (Å²) in [6.07, 6.45) is 2.06. The van der Waals surface area contributed by atoms with Crippen LogP contribution in [0.1, 0.15) is 47.3 Å². The summed E-state index contributed by atoms with van der Waals surface area (Å²) in [5.41, 5.74) is 2.87. The van der Waals surface area contributed by atoms with Crippen molar-refractivity contribution in [1.82, 2.24) is 0 Å². The van der Waals surface area contributed by atoms with Gasteiger partial charge in [-0.3, -0.25) is 4.79 Å². The molecule has 2 N–H and O–H groups in total. The molecule has 1 saturated heterocycles. The normalized spacial score (nSPS) is 17.3. The van der Waals surface area contributed by atoms with E-state index >= 15 is 0 Å². The summed E-state index contributed by atoms with van der Waals surface area (Å²) in [7, 11) is 1.70. The zero-order valence-electron chi connectivity index (χ0n) is 18.6. The monoisotopic (exact) mass is 436 g/mol. The molecule has 4 rings (SSSR count). The van der Waals surface area contributed by atoms with Crippen molar-refractivity contribution in [3.8, 4) is 0 Å². The van der Waals surface area contributed by atoms with Gasteiger partial charge in [0.05, 0.1) is 23.1 Å². The average Bonchev–Trinajstić information content (AvgIpc) is 2.79. The third-order valence-corrected chi connectivity index (χ3v) is 6.01. The van der Waals surface area contributed by atoms with Crippen LogP contribution in [-0.4, -0.2) is 37.4 Å². The number of nitrogens with one attached hydrogen (secondary N) is 1. The van der Waals surface area contributed by atoms with Gasteiger partial charge in [0.25, 0.3) is 0 Å². The maximum Gasteiger partial charge on any atom is 0.337 e. The Morgan fingerprint density at radius 2 is 2.06 bits per heavy atom. The fraction of sp³-hybridized carbons (Fsp3) is 0.360. The maximum atomic E-state index is 13.0. The number of carboxylic acid groups (broad SMARTS) is 1. The van der Waals surface area contributed by atoms with Crippen LogP contribution >= 0.6 is 0 Å². The highest BCUT2D eigenvalue weighted by molar-refractivity contribution is 5.94. The van der Waals surface area contributed by atoms with Crippen LogP contribution in [0, 0.1) is 6.92 Å². The fourth-order valence-electron chi connectivity index (χ4n) is 4.34. The highest BCUT2D eigenvalue weighted by Gasteiger charge is 2.23. The van der Waals surface area contributed by atoms with Gasteiger partial charge in [0.15, 0.2) is 11.3 Å². The minimum absolute atomic E-state index is 0.0936. The van der Waals surface area contributed by atoms with Crippen molar-refractivity contribution in [2.45, 2.75) is 38.8 Å². The van der Waals surface area contributed by atoms with Gasteiger partial charge in [0.1, 0.15) is 5.58 Å². The molecule has 0 amide bonds. The molecule has 0 radical (unpaired) electrons. The molecule has 1 aliphatic heterocycles. The van der Waals surface area contributed by atoms with Gasteiger partial charge >= 0.3 is 5.97 Å². The summed E-state index contributed by atoms with van der Waals surface area (Å²) in [4.78, 5) is 26.7. The van der Waals surface area contributed by atoms with Gasteiger partial charge in [0, 0.05) is 37.5 Å². The van der Waals surface area contributed by atoms with Crippen molar-refractivity contribution in [2.75, 3.05) is 30.4 Å². The second-order valence-electron chi connectivity index (χ2n) is 8.34. The largest absolute Gasteiger partial charge is 0.478 e. The zero-order chi connectivity index (χ0) is 22.8. The summed E-state index contributed by atoms with van der Waals surface area (Å²) in [6.45, 7) is 5.34. The number of ether oxygens (including phenoxy) is 1. The number of anilines is 2. The average molecular weight is 437 g/mol. The highest BCUT2D eigenvalue weighted by Crippen LogP contribution is 2.31. The van der Waals surface area contributed by atoms with Crippen LogP contribution in [0.15, 0.2) is 51.7 Å². The second kappa shape index (κ2) is 9.04.